The fourth-order valence-corrected chi connectivity index (χ4v) is 2.48. The van der Waals surface area contributed by atoms with Crippen molar-refractivity contribution in [3.8, 4) is 0 Å². The largest absolute Gasteiger partial charge is 0.351 e. The van der Waals surface area contributed by atoms with E-state index in [1.807, 2.05) is 18.2 Å². The molecule has 19 heavy (non-hydrogen) atoms. The van der Waals surface area contributed by atoms with Gasteiger partial charge in [-0.1, -0.05) is 12.5 Å². The number of benzene rings is 1. The Morgan fingerprint density at radius 1 is 1.42 bits per heavy atom. The van der Waals surface area contributed by atoms with E-state index in [1.165, 1.54) is 6.42 Å². The molecule has 0 bridgehead atoms. The Bertz CT molecular complexity index is 572. The summed E-state index contributed by atoms with van der Waals surface area (Å²) in [6.45, 7) is 1.50. The molecule has 1 fully saturated rings. The van der Waals surface area contributed by atoms with Gasteiger partial charge in [0.1, 0.15) is 0 Å². The maximum absolute atomic E-state index is 12.0. The van der Waals surface area contributed by atoms with Gasteiger partial charge in [-0.2, -0.15) is 0 Å². The average molecular weight is 258 g/mol. The zero-order valence-corrected chi connectivity index (χ0v) is 10.8. The molecule has 1 aromatic heterocycles. The fourth-order valence-electron chi connectivity index (χ4n) is 2.48. The molecule has 0 radical (unpaired) electrons. The third-order valence-corrected chi connectivity index (χ3v) is 3.58. The summed E-state index contributed by atoms with van der Waals surface area (Å²) in [6.07, 6.45) is 4.91. The third kappa shape index (κ3) is 2.76. The molecule has 3 N–H and O–H groups in total. The maximum Gasteiger partial charge on any atom is 0.237 e. The summed E-state index contributed by atoms with van der Waals surface area (Å²) in [4.78, 5) is 19.2. The number of nitrogens with zero attached hydrogens (tertiary/aromatic N) is 1. The summed E-state index contributed by atoms with van der Waals surface area (Å²) in [6, 6.07) is 5.96. The molecule has 1 unspecified atom stereocenters. The Hall–Kier alpha value is -1.88. The highest BCUT2D eigenvalue weighted by Gasteiger charge is 2.19. The fraction of sp³-hybridized carbons (Fsp3) is 0.429. The number of imidazole rings is 1. The van der Waals surface area contributed by atoms with Gasteiger partial charge in [-0.05, 0) is 37.1 Å². The van der Waals surface area contributed by atoms with E-state index in [9.17, 15) is 4.79 Å². The van der Waals surface area contributed by atoms with Crippen molar-refractivity contribution >= 4 is 16.9 Å². The predicted molar refractivity (Wildman–Crippen MR) is 73.6 cm³/mol. The number of amides is 1. The highest BCUT2D eigenvalue weighted by atomic mass is 16.2. The van der Waals surface area contributed by atoms with E-state index >= 15 is 0 Å². The summed E-state index contributed by atoms with van der Waals surface area (Å²) in [5.41, 5.74) is 3.03. The van der Waals surface area contributed by atoms with Crippen LogP contribution in [0.4, 0.5) is 0 Å². The van der Waals surface area contributed by atoms with Crippen LogP contribution in [-0.4, -0.2) is 28.5 Å². The molecule has 0 aliphatic carbocycles. The van der Waals surface area contributed by atoms with E-state index in [1.54, 1.807) is 6.33 Å². The average Bonchev–Trinajstić information content (AvgIpc) is 2.93. The highest BCUT2D eigenvalue weighted by Crippen LogP contribution is 2.12. The van der Waals surface area contributed by atoms with Gasteiger partial charge in [0.05, 0.1) is 23.4 Å². The SMILES string of the molecule is O=C(NCc1ccc2nc[nH]c2c1)C1CCCCN1. The summed E-state index contributed by atoms with van der Waals surface area (Å²) in [5.74, 6) is 0.101. The highest BCUT2D eigenvalue weighted by molar-refractivity contribution is 5.82. The van der Waals surface area contributed by atoms with Crippen molar-refractivity contribution in [2.75, 3.05) is 6.54 Å². The molecule has 1 atom stereocenters. The van der Waals surface area contributed by atoms with Crippen molar-refractivity contribution in [2.45, 2.75) is 31.8 Å². The molecule has 0 spiro atoms. The monoisotopic (exact) mass is 258 g/mol. The molecule has 1 aromatic carbocycles. The molecule has 1 aliphatic heterocycles. The van der Waals surface area contributed by atoms with E-state index in [-0.39, 0.29) is 11.9 Å². The van der Waals surface area contributed by atoms with Crippen LogP contribution < -0.4 is 10.6 Å². The topological polar surface area (TPSA) is 69.8 Å². The Morgan fingerprint density at radius 2 is 2.37 bits per heavy atom. The van der Waals surface area contributed by atoms with Gasteiger partial charge in [0.25, 0.3) is 0 Å². The Balaban J connectivity index is 1.60. The van der Waals surface area contributed by atoms with Crippen LogP contribution in [0.15, 0.2) is 24.5 Å². The number of fused-ring (bicyclic) bond motifs is 1. The smallest absolute Gasteiger partial charge is 0.237 e. The number of piperidine rings is 1. The molecule has 1 saturated heterocycles. The first kappa shape index (κ1) is 12.2. The second-order valence-corrected chi connectivity index (χ2v) is 4.97. The standard InChI is InChI=1S/C14H18N4O/c19-14(12-3-1-2-6-15-12)16-8-10-4-5-11-13(7-10)18-9-17-11/h4-5,7,9,12,15H,1-3,6,8H2,(H,16,19)(H,17,18). The lowest BCUT2D eigenvalue weighted by atomic mass is 10.0. The van der Waals surface area contributed by atoms with E-state index < -0.39 is 0 Å². The minimum absolute atomic E-state index is 0.0235. The van der Waals surface area contributed by atoms with E-state index in [2.05, 4.69) is 20.6 Å². The number of aromatic nitrogens is 2. The molecule has 0 saturated carbocycles. The van der Waals surface area contributed by atoms with Gasteiger partial charge in [0, 0.05) is 6.54 Å². The zero-order chi connectivity index (χ0) is 13.1. The van der Waals surface area contributed by atoms with Crippen molar-refractivity contribution in [3.63, 3.8) is 0 Å². The molecule has 3 rings (SSSR count). The normalized spacial score (nSPS) is 19.5. The van der Waals surface area contributed by atoms with Crippen molar-refractivity contribution in [2.24, 2.45) is 0 Å². The van der Waals surface area contributed by atoms with Crippen LogP contribution in [0.25, 0.3) is 11.0 Å². The summed E-state index contributed by atoms with van der Waals surface area (Å²) in [5, 5.41) is 6.24. The van der Waals surface area contributed by atoms with Gasteiger partial charge in [-0.15, -0.1) is 0 Å². The van der Waals surface area contributed by atoms with Gasteiger partial charge in [0.15, 0.2) is 0 Å². The van der Waals surface area contributed by atoms with Crippen LogP contribution in [0.1, 0.15) is 24.8 Å². The second-order valence-electron chi connectivity index (χ2n) is 4.97. The zero-order valence-electron chi connectivity index (χ0n) is 10.8. The lowest BCUT2D eigenvalue weighted by Crippen LogP contribution is -2.46. The van der Waals surface area contributed by atoms with Crippen LogP contribution in [-0.2, 0) is 11.3 Å². The van der Waals surface area contributed by atoms with E-state index in [4.69, 9.17) is 0 Å². The van der Waals surface area contributed by atoms with Gasteiger partial charge in [-0.3, -0.25) is 4.79 Å². The number of carbonyl (C=O) groups excluding carboxylic acids is 1. The molecular formula is C14H18N4O. The van der Waals surface area contributed by atoms with Crippen molar-refractivity contribution in [1.29, 1.82) is 0 Å². The number of nitrogens with one attached hydrogen (secondary N) is 3. The van der Waals surface area contributed by atoms with Crippen molar-refractivity contribution in [3.05, 3.63) is 30.1 Å². The number of rotatable bonds is 3. The number of aromatic amines is 1. The Morgan fingerprint density at radius 3 is 3.21 bits per heavy atom. The lowest BCUT2D eigenvalue weighted by molar-refractivity contribution is -0.123. The second kappa shape index (κ2) is 5.40. The van der Waals surface area contributed by atoms with Crippen LogP contribution in [0, 0.1) is 0 Å². The van der Waals surface area contributed by atoms with Crippen LogP contribution in [0.2, 0.25) is 0 Å². The van der Waals surface area contributed by atoms with Crippen LogP contribution >= 0.6 is 0 Å². The van der Waals surface area contributed by atoms with E-state index in [0.717, 1.165) is 36.0 Å². The van der Waals surface area contributed by atoms with Gasteiger partial charge in [-0.25, -0.2) is 4.98 Å². The number of carbonyl (C=O) groups is 1. The van der Waals surface area contributed by atoms with Gasteiger partial charge >= 0.3 is 0 Å². The quantitative estimate of drug-likeness (QED) is 0.777. The minimum Gasteiger partial charge on any atom is -0.351 e. The number of hydrogen-bond acceptors (Lipinski definition) is 3. The summed E-state index contributed by atoms with van der Waals surface area (Å²) >= 11 is 0. The molecule has 2 heterocycles. The molecule has 1 amide bonds. The van der Waals surface area contributed by atoms with E-state index in [0.29, 0.717) is 6.54 Å². The molecular weight excluding hydrogens is 240 g/mol. The van der Waals surface area contributed by atoms with Gasteiger partial charge in [0.2, 0.25) is 5.91 Å². The summed E-state index contributed by atoms with van der Waals surface area (Å²) in [7, 11) is 0. The minimum atomic E-state index is -0.0235. The van der Waals surface area contributed by atoms with Gasteiger partial charge < -0.3 is 15.6 Å². The van der Waals surface area contributed by atoms with Crippen molar-refractivity contribution < 1.29 is 4.79 Å². The number of hydrogen-bond donors (Lipinski definition) is 3. The molecule has 1 aliphatic rings. The Labute approximate surface area is 111 Å². The molecule has 2 aromatic rings. The van der Waals surface area contributed by atoms with Crippen LogP contribution in [0.5, 0.6) is 0 Å². The number of H-pyrrole nitrogens is 1. The summed E-state index contributed by atoms with van der Waals surface area (Å²) < 4.78 is 0. The molecule has 100 valence electrons. The third-order valence-electron chi connectivity index (χ3n) is 3.58. The van der Waals surface area contributed by atoms with Crippen LogP contribution in [0.3, 0.4) is 0 Å². The molecule has 5 nitrogen and oxygen atoms in total. The molecule has 5 heteroatoms. The lowest BCUT2D eigenvalue weighted by Gasteiger charge is -2.22. The maximum atomic E-state index is 12.0. The predicted octanol–water partition coefficient (Wildman–Crippen LogP) is 1.32. The first-order valence-electron chi connectivity index (χ1n) is 6.76. The van der Waals surface area contributed by atoms with Crippen molar-refractivity contribution in [1.82, 2.24) is 20.6 Å². The first-order chi connectivity index (χ1) is 9.33. The Kier molecular flexibility index (Phi) is 3.46. The first-order valence-corrected chi connectivity index (χ1v) is 6.76.